The molecule has 186 valence electrons. The van der Waals surface area contributed by atoms with E-state index in [1.165, 1.54) is 12.1 Å². The summed E-state index contributed by atoms with van der Waals surface area (Å²) in [6.07, 6.45) is 0. The Balaban J connectivity index is 1.56. The van der Waals surface area contributed by atoms with Gasteiger partial charge in [-0.1, -0.05) is 35.3 Å². The number of amides is 2. The summed E-state index contributed by atoms with van der Waals surface area (Å²) in [5.41, 5.74) is 2.50. The predicted molar refractivity (Wildman–Crippen MR) is 137 cm³/mol. The Morgan fingerprint density at radius 3 is 2.49 bits per heavy atom. The van der Waals surface area contributed by atoms with E-state index in [4.69, 9.17) is 29.0 Å². The summed E-state index contributed by atoms with van der Waals surface area (Å²) < 4.78 is 0. The number of carbonyl (C=O) groups excluding carboxylic acids is 3. The van der Waals surface area contributed by atoms with Crippen molar-refractivity contribution in [2.45, 2.75) is 38.4 Å². The van der Waals surface area contributed by atoms with Crippen LogP contribution >= 0.6 is 23.2 Å². The van der Waals surface area contributed by atoms with Crippen molar-refractivity contribution in [2.24, 2.45) is 5.84 Å². The highest BCUT2D eigenvalue weighted by Gasteiger charge is 2.38. The average molecular weight is 518 g/mol. The van der Waals surface area contributed by atoms with E-state index in [0.29, 0.717) is 34.9 Å². The average Bonchev–Trinajstić information content (AvgIpc) is 3.14. The molecule has 10 heteroatoms. The van der Waals surface area contributed by atoms with Crippen LogP contribution in [0.5, 0.6) is 0 Å². The number of ketones is 1. The van der Waals surface area contributed by atoms with E-state index in [1.54, 1.807) is 12.1 Å². The molecule has 0 aliphatic carbocycles. The topological polar surface area (TPSA) is 99.0 Å². The first-order valence-corrected chi connectivity index (χ1v) is 12.3. The standard InChI is InChI=1S/C25H29Cl2N5O3/c1-14-11-31(15(2)10-30(14)12-16-5-4-6-17(26)7-16)25(35)19-8-18-20(23(33)24(34)29-3)13-32(28)22(18)9-21(19)27/h4-9,14-15,20H,10-13,28H2,1-3H3,(H,29,34)/t14-,15+,20?/m0/s1. The van der Waals surface area contributed by atoms with Crippen LogP contribution in [-0.4, -0.2) is 66.2 Å². The molecule has 3 atom stereocenters. The maximum Gasteiger partial charge on any atom is 0.287 e. The van der Waals surface area contributed by atoms with Gasteiger partial charge in [0.05, 0.1) is 22.2 Å². The zero-order valence-electron chi connectivity index (χ0n) is 19.9. The molecule has 2 aliphatic rings. The fourth-order valence-corrected chi connectivity index (χ4v) is 5.35. The molecular weight excluding hydrogens is 489 g/mol. The summed E-state index contributed by atoms with van der Waals surface area (Å²) >= 11 is 12.7. The van der Waals surface area contributed by atoms with Crippen molar-refractivity contribution in [3.05, 3.63) is 63.1 Å². The monoisotopic (exact) mass is 517 g/mol. The quantitative estimate of drug-likeness (QED) is 0.467. The normalized spacial score (nSPS) is 22.2. The van der Waals surface area contributed by atoms with Gasteiger partial charge in [-0.05, 0) is 49.2 Å². The molecule has 0 spiro atoms. The van der Waals surface area contributed by atoms with Crippen molar-refractivity contribution < 1.29 is 14.4 Å². The summed E-state index contributed by atoms with van der Waals surface area (Å²) in [6, 6.07) is 11.1. The van der Waals surface area contributed by atoms with Crippen LogP contribution in [-0.2, 0) is 16.1 Å². The molecule has 1 unspecified atom stereocenters. The van der Waals surface area contributed by atoms with E-state index in [0.717, 1.165) is 12.1 Å². The fourth-order valence-electron chi connectivity index (χ4n) is 4.90. The van der Waals surface area contributed by atoms with Gasteiger partial charge in [-0.2, -0.15) is 0 Å². The lowest BCUT2D eigenvalue weighted by Crippen LogP contribution is -2.57. The first-order valence-electron chi connectivity index (χ1n) is 11.5. The summed E-state index contributed by atoms with van der Waals surface area (Å²) in [7, 11) is 1.40. The van der Waals surface area contributed by atoms with Crippen LogP contribution < -0.4 is 16.2 Å². The number of nitrogens with two attached hydrogens (primary N) is 1. The van der Waals surface area contributed by atoms with Gasteiger partial charge in [-0.3, -0.25) is 19.3 Å². The van der Waals surface area contributed by atoms with Gasteiger partial charge in [0, 0.05) is 50.3 Å². The molecule has 1 fully saturated rings. The first kappa shape index (κ1) is 25.4. The second kappa shape index (κ2) is 10.1. The Morgan fingerprint density at radius 2 is 1.80 bits per heavy atom. The molecule has 4 rings (SSSR count). The van der Waals surface area contributed by atoms with Crippen LogP contribution in [0.2, 0.25) is 10.0 Å². The molecule has 2 aliphatic heterocycles. The summed E-state index contributed by atoms with van der Waals surface area (Å²) in [5.74, 6) is 3.80. The number of hydrogen-bond donors (Lipinski definition) is 2. The van der Waals surface area contributed by atoms with Crippen LogP contribution in [0.25, 0.3) is 0 Å². The number of hydrogen-bond acceptors (Lipinski definition) is 6. The number of nitrogens with one attached hydrogen (secondary N) is 1. The van der Waals surface area contributed by atoms with Gasteiger partial charge < -0.3 is 15.2 Å². The number of hydrazine groups is 1. The highest BCUT2D eigenvalue weighted by molar-refractivity contribution is 6.39. The van der Waals surface area contributed by atoms with Crippen LogP contribution in [0.15, 0.2) is 36.4 Å². The lowest BCUT2D eigenvalue weighted by molar-refractivity contribution is -0.138. The van der Waals surface area contributed by atoms with E-state index < -0.39 is 17.6 Å². The number of benzene rings is 2. The van der Waals surface area contributed by atoms with E-state index in [1.807, 2.05) is 36.1 Å². The van der Waals surface area contributed by atoms with Crippen molar-refractivity contribution in [2.75, 3.05) is 31.7 Å². The van der Waals surface area contributed by atoms with Gasteiger partial charge in [0.25, 0.3) is 11.8 Å². The van der Waals surface area contributed by atoms with Crippen molar-refractivity contribution in [1.82, 2.24) is 15.1 Å². The SMILES string of the molecule is CNC(=O)C(=O)C1CN(N)c2cc(Cl)c(C(=O)N3C[C@H](C)N(Cc4cccc(Cl)c4)C[C@H]3C)cc21. The zero-order chi connectivity index (χ0) is 25.4. The number of halogens is 2. The number of rotatable bonds is 5. The molecule has 8 nitrogen and oxygen atoms in total. The summed E-state index contributed by atoms with van der Waals surface area (Å²) in [6.45, 7) is 6.20. The smallest absolute Gasteiger partial charge is 0.287 e. The minimum Gasteiger partial charge on any atom is -0.353 e. The number of piperazine rings is 1. The minimum absolute atomic E-state index is 0.0588. The second-order valence-electron chi connectivity index (χ2n) is 9.25. The maximum atomic E-state index is 13.6. The highest BCUT2D eigenvalue weighted by Crippen LogP contribution is 2.39. The third-order valence-electron chi connectivity index (χ3n) is 6.83. The van der Waals surface area contributed by atoms with Crippen molar-refractivity contribution in [3.63, 3.8) is 0 Å². The van der Waals surface area contributed by atoms with Crippen LogP contribution in [0.1, 0.15) is 41.3 Å². The molecule has 2 amide bonds. The molecule has 1 saturated heterocycles. The van der Waals surface area contributed by atoms with E-state index >= 15 is 0 Å². The lowest BCUT2D eigenvalue weighted by Gasteiger charge is -2.44. The molecular formula is C25H29Cl2N5O3. The molecule has 0 radical (unpaired) electrons. The molecule has 3 N–H and O–H groups in total. The van der Waals surface area contributed by atoms with Crippen molar-refractivity contribution in [3.8, 4) is 0 Å². The highest BCUT2D eigenvalue weighted by atomic mass is 35.5. The molecule has 2 heterocycles. The van der Waals surface area contributed by atoms with E-state index in [-0.39, 0.29) is 29.6 Å². The Bertz CT molecular complexity index is 1170. The number of likely N-dealkylation sites (N-methyl/N-ethyl adjacent to an activating group) is 1. The fraction of sp³-hybridized carbons (Fsp3) is 0.400. The van der Waals surface area contributed by atoms with Gasteiger partial charge in [0.1, 0.15) is 0 Å². The Hall–Kier alpha value is -2.65. The van der Waals surface area contributed by atoms with Gasteiger partial charge in [0.15, 0.2) is 0 Å². The van der Waals surface area contributed by atoms with Crippen LogP contribution in [0.4, 0.5) is 5.69 Å². The minimum atomic E-state index is -0.760. The molecule has 2 aromatic carbocycles. The number of carbonyl (C=O) groups is 3. The van der Waals surface area contributed by atoms with Gasteiger partial charge in [-0.15, -0.1) is 0 Å². The Morgan fingerprint density at radius 1 is 1.06 bits per heavy atom. The van der Waals surface area contributed by atoms with E-state index in [9.17, 15) is 14.4 Å². The largest absolute Gasteiger partial charge is 0.353 e. The number of nitrogens with zero attached hydrogens (tertiary/aromatic N) is 3. The number of fused-ring (bicyclic) bond motifs is 1. The predicted octanol–water partition coefficient (Wildman–Crippen LogP) is 2.82. The van der Waals surface area contributed by atoms with Crippen molar-refractivity contribution >= 4 is 46.5 Å². The number of anilines is 1. The van der Waals surface area contributed by atoms with Gasteiger partial charge in [0.2, 0.25) is 5.78 Å². The number of Topliss-reactive ketones (excluding diaryl/α,β-unsaturated/α-hetero) is 1. The van der Waals surface area contributed by atoms with Gasteiger partial charge in [-0.25, -0.2) is 5.84 Å². The third kappa shape index (κ3) is 5.02. The van der Waals surface area contributed by atoms with Crippen molar-refractivity contribution in [1.29, 1.82) is 0 Å². The molecule has 35 heavy (non-hydrogen) atoms. The zero-order valence-corrected chi connectivity index (χ0v) is 21.4. The maximum absolute atomic E-state index is 13.6. The second-order valence-corrected chi connectivity index (χ2v) is 10.1. The Kier molecular flexibility index (Phi) is 7.38. The molecule has 0 saturated carbocycles. The summed E-state index contributed by atoms with van der Waals surface area (Å²) in [5, 5.41) is 4.71. The lowest BCUT2D eigenvalue weighted by atomic mass is 9.94. The molecule has 2 aromatic rings. The van der Waals surface area contributed by atoms with Gasteiger partial charge >= 0.3 is 0 Å². The van der Waals surface area contributed by atoms with E-state index in [2.05, 4.69) is 17.1 Å². The molecule has 0 bridgehead atoms. The Labute approximate surface area is 214 Å². The summed E-state index contributed by atoms with van der Waals surface area (Å²) in [4.78, 5) is 42.4. The molecule has 0 aromatic heterocycles. The first-order chi connectivity index (χ1) is 16.6. The van der Waals surface area contributed by atoms with Crippen LogP contribution in [0.3, 0.4) is 0 Å². The van der Waals surface area contributed by atoms with Crippen LogP contribution in [0, 0.1) is 0 Å². The third-order valence-corrected chi connectivity index (χ3v) is 7.38.